The summed E-state index contributed by atoms with van der Waals surface area (Å²) in [4.78, 5) is 24.3. The van der Waals surface area contributed by atoms with E-state index in [0.29, 0.717) is 22.7 Å². The van der Waals surface area contributed by atoms with Crippen molar-refractivity contribution in [2.45, 2.75) is 6.92 Å². The number of amides is 2. The van der Waals surface area contributed by atoms with Crippen LogP contribution >= 0.6 is 0 Å². The number of rotatable bonds is 6. The molecule has 0 saturated heterocycles. The van der Waals surface area contributed by atoms with Gasteiger partial charge in [0.05, 0.1) is 24.6 Å². The van der Waals surface area contributed by atoms with Crippen LogP contribution in [0, 0.1) is 0 Å². The van der Waals surface area contributed by atoms with Gasteiger partial charge in [0.1, 0.15) is 5.75 Å². The van der Waals surface area contributed by atoms with Crippen molar-refractivity contribution in [2.24, 2.45) is 5.10 Å². The lowest BCUT2D eigenvalue weighted by atomic mass is 10.1. The van der Waals surface area contributed by atoms with Gasteiger partial charge in [0.25, 0.3) is 11.8 Å². The van der Waals surface area contributed by atoms with E-state index in [1.807, 2.05) is 0 Å². The molecule has 0 aliphatic rings. The quantitative estimate of drug-likeness (QED) is 0.506. The van der Waals surface area contributed by atoms with E-state index >= 15 is 0 Å². The highest BCUT2D eigenvalue weighted by Crippen LogP contribution is 2.17. The maximum absolute atomic E-state index is 12.3. The number of furan rings is 1. The maximum atomic E-state index is 12.3. The molecule has 0 aliphatic carbocycles. The van der Waals surface area contributed by atoms with Gasteiger partial charge >= 0.3 is 0 Å². The minimum absolute atomic E-state index is 0.237. The summed E-state index contributed by atoms with van der Waals surface area (Å²) in [7, 11) is 1.51. The van der Waals surface area contributed by atoms with Crippen LogP contribution in [0.1, 0.15) is 33.4 Å². The zero-order valence-electron chi connectivity index (χ0n) is 15.4. The molecule has 1 heterocycles. The number of para-hydroxylation sites is 1. The number of methoxy groups -OCH3 is 1. The minimum Gasteiger partial charge on any atom is -0.496 e. The van der Waals surface area contributed by atoms with Gasteiger partial charge in [0.15, 0.2) is 5.76 Å². The largest absolute Gasteiger partial charge is 0.496 e. The molecule has 3 rings (SSSR count). The van der Waals surface area contributed by atoms with Crippen LogP contribution in [0.25, 0.3) is 0 Å². The zero-order chi connectivity index (χ0) is 19.9. The molecule has 2 aromatic carbocycles. The van der Waals surface area contributed by atoms with Crippen molar-refractivity contribution in [3.8, 4) is 5.75 Å². The number of hydrazone groups is 1. The van der Waals surface area contributed by atoms with E-state index in [4.69, 9.17) is 9.15 Å². The number of ether oxygens (including phenoxy) is 1. The lowest BCUT2D eigenvalue weighted by Crippen LogP contribution is -2.20. The number of nitrogens with one attached hydrogen (secondary N) is 2. The summed E-state index contributed by atoms with van der Waals surface area (Å²) in [5.74, 6) is 0.0247. The number of carbonyl (C=O) groups is 2. The number of hydrogen-bond donors (Lipinski definition) is 2. The Morgan fingerprint density at radius 1 is 0.964 bits per heavy atom. The Kier molecular flexibility index (Phi) is 5.86. The predicted molar refractivity (Wildman–Crippen MR) is 106 cm³/mol. The van der Waals surface area contributed by atoms with Crippen LogP contribution < -0.4 is 15.5 Å². The molecule has 7 heteroatoms. The number of anilines is 1. The summed E-state index contributed by atoms with van der Waals surface area (Å²) >= 11 is 0. The van der Waals surface area contributed by atoms with Gasteiger partial charge in [-0.3, -0.25) is 9.59 Å². The first-order valence-corrected chi connectivity index (χ1v) is 8.51. The third kappa shape index (κ3) is 4.45. The topological polar surface area (TPSA) is 92.9 Å². The van der Waals surface area contributed by atoms with Crippen LogP contribution in [0.2, 0.25) is 0 Å². The summed E-state index contributed by atoms with van der Waals surface area (Å²) in [5, 5.41) is 6.88. The highest BCUT2D eigenvalue weighted by atomic mass is 16.5. The monoisotopic (exact) mass is 377 g/mol. The van der Waals surface area contributed by atoms with Gasteiger partial charge in [-0.15, -0.1) is 0 Å². The second-order valence-electron chi connectivity index (χ2n) is 5.85. The molecule has 2 N–H and O–H groups in total. The SMILES string of the molecule is COc1ccccc1C(=O)N/N=C(\C)c1ccc(NC(=O)c2ccco2)cc1. The molecular formula is C21H19N3O4. The number of benzene rings is 2. The van der Waals surface area contributed by atoms with E-state index in [2.05, 4.69) is 15.8 Å². The van der Waals surface area contributed by atoms with Crippen LogP contribution in [0.5, 0.6) is 5.75 Å². The first kappa shape index (κ1) is 18.9. The van der Waals surface area contributed by atoms with E-state index in [1.165, 1.54) is 13.4 Å². The van der Waals surface area contributed by atoms with Crippen molar-refractivity contribution < 1.29 is 18.7 Å². The lowest BCUT2D eigenvalue weighted by molar-refractivity contribution is 0.0950. The number of carbonyl (C=O) groups excluding carboxylic acids is 2. The maximum Gasteiger partial charge on any atom is 0.291 e. The van der Waals surface area contributed by atoms with E-state index < -0.39 is 0 Å². The summed E-state index contributed by atoms with van der Waals surface area (Å²) in [6.45, 7) is 1.78. The van der Waals surface area contributed by atoms with Gasteiger partial charge in [-0.1, -0.05) is 24.3 Å². The Balaban J connectivity index is 1.64. The molecule has 0 radical (unpaired) electrons. The highest BCUT2D eigenvalue weighted by molar-refractivity contribution is 6.04. The molecule has 7 nitrogen and oxygen atoms in total. The van der Waals surface area contributed by atoms with E-state index in [0.717, 1.165) is 5.56 Å². The molecule has 0 bridgehead atoms. The fourth-order valence-corrected chi connectivity index (χ4v) is 2.49. The average molecular weight is 377 g/mol. The molecule has 1 aromatic heterocycles. The fraction of sp³-hybridized carbons (Fsp3) is 0.0952. The molecule has 0 saturated carbocycles. The summed E-state index contributed by atoms with van der Waals surface area (Å²) in [6.07, 6.45) is 1.44. The Labute approximate surface area is 162 Å². The summed E-state index contributed by atoms with van der Waals surface area (Å²) < 4.78 is 10.2. The van der Waals surface area contributed by atoms with Crippen molar-refractivity contribution in [1.29, 1.82) is 0 Å². The predicted octanol–water partition coefficient (Wildman–Crippen LogP) is 3.69. The Hall–Kier alpha value is -3.87. The molecule has 0 unspecified atom stereocenters. The second kappa shape index (κ2) is 8.68. The van der Waals surface area contributed by atoms with Crippen molar-refractivity contribution in [1.82, 2.24) is 5.43 Å². The Morgan fingerprint density at radius 3 is 2.39 bits per heavy atom. The zero-order valence-corrected chi connectivity index (χ0v) is 15.4. The normalized spacial score (nSPS) is 11.0. The summed E-state index contributed by atoms with van der Waals surface area (Å²) in [6, 6.07) is 17.2. The molecule has 0 fully saturated rings. The third-order valence-electron chi connectivity index (χ3n) is 3.98. The second-order valence-corrected chi connectivity index (χ2v) is 5.85. The molecular weight excluding hydrogens is 358 g/mol. The highest BCUT2D eigenvalue weighted by Gasteiger charge is 2.11. The standard InChI is InChI=1S/C21H19N3O4/c1-14(23-24-20(25)17-6-3-4-7-18(17)27-2)15-9-11-16(12-10-15)22-21(26)19-8-5-13-28-19/h3-13H,1-2H3,(H,22,26)(H,24,25)/b23-14+. The average Bonchev–Trinajstić information content (AvgIpc) is 3.27. The molecule has 0 spiro atoms. The summed E-state index contributed by atoms with van der Waals surface area (Å²) in [5.41, 5.74) is 4.97. The first-order chi connectivity index (χ1) is 13.6. The van der Waals surface area contributed by atoms with Crippen LogP contribution in [0.4, 0.5) is 5.69 Å². The van der Waals surface area contributed by atoms with Crippen molar-refractivity contribution in [3.63, 3.8) is 0 Å². The Bertz CT molecular complexity index is 993. The molecule has 28 heavy (non-hydrogen) atoms. The van der Waals surface area contributed by atoms with Crippen molar-refractivity contribution in [3.05, 3.63) is 83.8 Å². The van der Waals surface area contributed by atoms with Gasteiger partial charge in [0.2, 0.25) is 0 Å². The Morgan fingerprint density at radius 2 is 1.71 bits per heavy atom. The van der Waals surface area contributed by atoms with Gasteiger partial charge in [-0.2, -0.15) is 5.10 Å². The van der Waals surface area contributed by atoms with Gasteiger partial charge in [0, 0.05) is 5.69 Å². The van der Waals surface area contributed by atoms with Crippen molar-refractivity contribution in [2.75, 3.05) is 12.4 Å². The van der Waals surface area contributed by atoms with Gasteiger partial charge in [-0.05, 0) is 48.9 Å². The first-order valence-electron chi connectivity index (χ1n) is 8.51. The third-order valence-corrected chi connectivity index (χ3v) is 3.98. The lowest BCUT2D eigenvalue weighted by Gasteiger charge is -2.08. The fourth-order valence-electron chi connectivity index (χ4n) is 2.49. The van der Waals surface area contributed by atoms with Crippen LogP contribution in [0.3, 0.4) is 0 Å². The molecule has 0 atom stereocenters. The van der Waals surface area contributed by atoms with Crippen LogP contribution in [0.15, 0.2) is 76.4 Å². The van der Waals surface area contributed by atoms with E-state index in [1.54, 1.807) is 67.6 Å². The van der Waals surface area contributed by atoms with Crippen molar-refractivity contribution >= 4 is 23.2 Å². The molecule has 3 aromatic rings. The molecule has 142 valence electrons. The van der Waals surface area contributed by atoms with Crippen LogP contribution in [-0.2, 0) is 0 Å². The van der Waals surface area contributed by atoms with Crippen LogP contribution in [-0.4, -0.2) is 24.6 Å². The smallest absolute Gasteiger partial charge is 0.291 e. The molecule has 0 aliphatic heterocycles. The number of nitrogens with zero attached hydrogens (tertiary/aromatic N) is 1. The van der Waals surface area contributed by atoms with E-state index in [9.17, 15) is 9.59 Å². The van der Waals surface area contributed by atoms with Gasteiger partial charge < -0.3 is 14.5 Å². The number of hydrogen-bond acceptors (Lipinski definition) is 5. The van der Waals surface area contributed by atoms with Gasteiger partial charge in [-0.25, -0.2) is 5.43 Å². The van der Waals surface area contributed by atoms with E-state index in [-0.39, 0.29) is 17.6 Å². The minimum atomic E-state index is -0.362. The molecule has 2 amide bonds.